The number of hydrogen-bond acceptors (Lipinski definition) is 4. The van der Waals surface area contributed by atoms with Gasteiger partial charge in [-0.15, -0.1) is 0 Å². The molecule has 0 saturated heterocycles. The van der Waals surface area contributed by atoms with E-state index in [1.54, 1.807) is 25.7 Å². The lowest BCUT2D eigenvalue weighted by Gasteiger charge is -2.37. The summed E-state index contributed by atoms with van der Waals surface area (Å²) in [5.41, 5.74) is 3.53. The Balaban J connectivity index is 1.75. The Labute approximate surface area is 260 Å². The van der Waals surface area contributed by atoms with E-state index in [9.17, 15) is 14.4 Å². The Morgan fingerprint density at radius 2 is 1.45 bits per heavy atom. The SMILES string of the molecule is Cc1ccc(C(C(=O)Nc2ccc3ccccc3c2)N(C(=O)C(Cc2ccccc2)NC(=O)OC(C)(C)C)C(C)C)cc1C. The number of nitrogens with zero attached hydrogens (tertiary/aromatic N) is 1. The second-order valence-corrected chi connectivity index (χ2v) is 12.5. The molecule has 4 aromatic carbocycles. The minimum Gasteiger partial charge on any atom is -0.444 e. The molecule has 44 heavy (non-hydrogen) atoms. The van der Waals surface area contributed by atoms with Gasteiger partial charge in [0.25, 0.3) is 5.91 Å². The van der Waals surface area contributed by atoms with Crippen molar-refractivity contribution in [3.63, 3.8) is 0 Å². The molecule has 0 aromatic heterocycles. The molecule has 2 unspecified atom stereocenters. The maximum Gasteiger partial charge on any atom is 0.408 e. The van der Waals surface area contributed by atoms with E-state index in [2.05, 4.69) is 10.6 Å². The van der Waals surface area contributed by atoms with E-state index in [0.717, 1.165) is 27.5 Å². The van der Waals surface area contributed by atoms with Gasteiger partial charge in [0.15, 0.2) is 0 Å². The number of amides is 3. The minimum atomic E-state index is -0.975. The third-order valence-electron chi connectivity index (χ3n) is 7.47. The van der Waals surface area contributed by atoms with Crippen molar-refractivity contribution in [1.82, 2.24) is 10.2 Å². The predicted molar refractivity (Wildman–Crippen MR) is 177 cm³/mol. The maximum atomic E-state index is 14.6. The summed E-state index contributed by atoms with van der Waals surface area (Å²) in [5, 5.41) is 7.94. The van der Waals surface area contributed by atoms with Gasteiger partial charge in [0.2, 0.25) is 5.91 Å². The van der Waals surface area contributed by atoms with Gasteiger partial charge in [-0.2, -0.15) is 0 Å². The lowest BCUT2D eigenvalue weighted by Crippen LogP contribution is -2.55. The molecule has 2 atom stereocenters. The molecule has 0 bridgehead atoms. The van der Waals surface area contributed by atoms with Gasteiger partial charge in [-0.3, -0.25) is 9.59 Å². The number of benzene rings is 4. The highest BCUT2D eigenvalue weighted by molar-refractivity contribution is 6.00. The number of ether oxygens (including phenoxy) is 1. The summed E-state index contributed by atoms with van der Waals surface area (Å²) < 4.78 is 5.53. The van der Waals surface area contributed by atoms with E-state index in [1.807, 2.05) is 119 Å². The van der Waals surface area contributed by atoms with Crippen molar-refractivity contribution in [2.24, 2.45) is 0 Å². The molecule has 0 radical (unpaired) electrons. The quantitative estimate of drug-likeness (QED) is 0.210. The van der Waals surface area contributed by atoms with Gasteiger partial charge in [-0.05, 0) is 93.6 Å². The van der Waals surface area contributed by atoms with Gasteiger partial charge in [0, 0.05) is 18.2 Å². The maximum absolute atomic E-state index is 14.6. The number of anilines is 1. The number of alkyl carbamates (subject to hydrolysis) is 1. The van der Waals surface area contributed by atoms with Crippen LogP contribution in [0.3, 0.4) is 0 Å². The molecule has 7 heteroatoms. The van der Waals surface area contributed by atoms with E-state index in [0.29, 0.717) is 11.3 Å². The van der Waals surface area contributed by atoms with Gasteiger partial charge in [-0.1, -0.05) is 78.9 Å². The van der Waals surface area contributed by atoms with Crippen molar-refractivity contribution in [1.29, 1.82) is 0 Å². The monoisotopic (exact) mass is 593 g/mol. The van der Waals surface area contributed by atoms with E-state index < -0.39 is 23.8 Å². The molecular formula is C37H43N3O4. The number of aryl methyl sites for hydroxylation is 2. The normalized spacial score (nSPS) is 12.8. The largest absolute Gasteiger partial charge is 0.444 e. The van der Waals surface area contributed by atoms with Crippen LogP contribution >= 0.6 is 0 Å². The molecule has 0 heterocycles. The molecular weight excluding hydrogens is 550 g/mol. The van der Waals surface area contributed by atoms with Gasteiger partial charge < -0.3 is 20.3 Å². The van der Waals surface area contributed by atoms with Crippen LogP contribution in [0.15, 0.2) is 91.0 Å². The molecule has 0 fully saturated rings. The molecule has 7 nitrogen and oxygen atoms in total. The fraction of sp³-hybridized carbons (Fsp3) is 0.324. The van der Waals surface area contributed by atoms with E-state index in [4.69, 9.17) is 4.74 Å². The summed E-state index contributed by atoms with van der Waals surface area (Å²) in [4.78, 5) is 43.4. The first-order chi connectivity index (χ1) is 20.8. The average molecular weight is 594 g/mol. The summed E-state index contributed by atoms with van der Waals surface area (Å²) in [5.74, 6) is -0.729. The highest BCUT2D eigenvalue weighted by atomic mass is 16.6. The van der Waals surface area contributed by atoms with Gasteiger partial charge in [0.1, 0.15) is 17.7 Å². The summed E-state index contributed by atoms with van der Waals surface area (Å²) in [7, 11) is 0. The standard InChI is InChI=1S/C37H43N3O4/c1-24(2)40(35(42)32(22-27-13-9-8-10-14-27)39-36(43)44-37(5,6)7)33(30-18-17-25(3)26(4)21-30)34(41)38-31-20-19-28-15-11-12-16-29(28)23-31/h8-21,23-24,32-33H,22H2,1-7H3,(H,38,41)(H,39,43). The number of hydrogen-bond donors (Lipinski definition) is 2. The van der Waals surface area contributed by atoms with Crippen molar-refractivity contribution in [2.75, 3.05) is 5.32 Å². The molecule has 4 rings (SSSR count). The first kappa shape index (κ1) is 32.3. The number of carbonyl (C=O) groups excluding carboxylic acids is 3. The highest BCUT2D eigenvalue weighted by Gasteiger charge is 2.38. The van der Waals surface area contributed by atoms with Gasteiger partial charge in [0.05, 0.1) is 0 Å². The average Bonchev–Trinajstić information content (AvgIpc) is 2.96. The zero-order valence-electron chi connectivity index (χ0n) is 26.7. The summed E-state index contributed by atoms with van der Waals surface area (Å²) >= 11 is 0. The fourth-order valence-electron chi connectivity index (χ4n) is 5.21. The lowest BCUT2D eigenvalue weighted by molar-refractivity contribution is -0.142. The van der Waals surface area contributed by atoms with Crippen molar-refractivity contribution in [3.8, 4) is 0 Å². The fourth-order valence-corrected chi connectivity index (χ4v) is 5.21. The molecule has 2 N–H and O–H groups in total. The first-order valence-corrected chi connectivity index (χ1v) is 15.0. The topological polar surface area (TPSA) is 87.7 Å². The van der Waals surface area contributed by atoms with Crippen molar-refractivity contribution >= 4 is 34.4 Å². The van der Waals surface area contributed by atoms with Crippen molar-refractivity contribution in [3.05, 3.63) is 113 Å². The lowest BCUT2D eigenvalue weighted by atomic mass is 9.96. The third-order valence-corrected chi connectivity index (χ3v) is 7.47. The Bertz CT molecular complexity index is 1630. The molecule has 0 spiro atoms. The van der Waals surface area contributed by atoms with Gasteiger partial charge >= 0.3 is 6.09 Å². The summed E-state index contributed by atoms with van der Waals surface area (Å²) in [6.07, 6.45) is -0.465. The molecule has 0 saturated carbocycles. The van der Waals surface area contributed by atoms with Crippen LogP contribution in [0, 0.1) is 13.8 Å². The molecule has 3 amide bonds. The Hall–Kier alpha value is -4.65. The van der Waals surface area contributed by atoms with Crippen LogP contribution in [0.5, 0.6) is 0 Å². The van der Waals surface area contributed by atoms with Crippen LogP contribution < -0.4 is 10.6 Å². The van der Waals surface area contributed by atoms with E-state index >= 15 is 0 Å². The Kier molecular flexibility index (Phi) is 10.1. The molecule has 230 valence electrons. The Morgan fingerprint density at radius 3 is 2.09 bits per heavy atom. The Morgan fingerprint density at radius 1 is 0.795 bits per heavy atom. The minimum absolute atomic E-state index is 0.230. The third kappa shape index (κ3) is 8.25. The predicted octanol–water partition coefficient (Wildman–Crippen LogP) is 7.51. The van der Waals surface area contributed by atoms with Crippen molar-refractivity contribution < 1.29 is 19.1 Å². The second kappa shape index (κ2) is 13.8. The van der Waals surface area contributed by atoms with Crippen LogP contribution in [0.2, 0.25) is 0 Å². The van der Waals surface area contributed by atoms with E-state index in [1.165, 1.54) is 0 Å². The summed E-state index contributed by atoms with van der Waals surface area (Å²) in [6, 6.07) is 26.7. The molecule has 0 aliphatic carbocycles. The summed E-state index contributed by atoms with van der Waals surface area (Å²) in [6.45, 7) is 13.1. The van der Waals surface area contributed by atoms with Crippen molar-refractivity contribution in [2.45, 2.75) is 78.6 Å². The van der Waals surface area contributed by atoms with Crippen LogP contribution in [0.25, 0.3) is 10.8 Å². The van der Waals surface area contributed by atoms with Crippen LogP contribution in [-0.2, 0) is 20.7 Å². The zero-order valence-corrected chi connectivity index (χ0v) is 26.7. The zero-order chi connectivity index (χ0) is 32.0. The number of carbonyl (C=O) groups is 3. The van der Waals surface area contributed by atoms with Crippen LogP contribution in [0.4, 0.5) is 10.5 Å². The number of rotatable bonds is 9. The number of nitrogens with one attached hydrogen (secondary N) is 2. The smallest absolute Gasteiger partial charge is 0.408 e. The van der Waals surface area contributed by atoms with Crippen LogP contribution in [-0.4, -0.2) is 40.5 Å². The molecule has 4 aromatic rings. The van der Waals surface area contributed by atoms with E-state index in [-0.39, 0.29) is 24.3 Å². The first-order valence-electron chi connectivity index (χ1n) is 15.0. The van der Waals surface area contributed by atoms with Gasteiger partial charge in [-0.25, -0.2) is 4.79 Å². The number of fused-ring (bicyclic) bond motifs is 1. The molecule has 0 aliphatic rings. The molecule has 0 aliphatic heterocycles. The highest BCUT2D eigenvalue weighted by Crippen LogP contribution is 2.29. The van der Waals surface area contributed by atoms with Crippen LogP contribution in [0.1, 0.15) is 62.9 Å². The second-order valence-electron chi connectivity index (χ2n) is 12.5.